The molecule has 1 aliphatic heterocycles. The van der Waals surface area contributed by atoms with Crippen molar-refractivity contribution in [2.24, 2.45) is 11.8 Å². The zero-order valence-electron chi connectivity index (χ0n) is 18.8. The number of likely N-dealkylation sites (tertiary alicyclic amines) is 1. The minimum absolute atomic E-state index is 0.000192. The van der Waals surface area contributed by atoms with Gasteiger partial charge in [0.1, 0.15) is 30.0 Å². The van der Waals surface area contributed by atoms with E-state index in [2.05, 4.69) is 15.6 Å². The second-order valence-electron chi connectivity index (χ2n) is 8.38. The van der Waals surface area contributed by atoms with Gasteiger partial charge in [0.05, 0.1) is 29.5 Å². The first-order valence-electron chi connectivity index (χ1n) is 11.0. The molecule has 3 atom stereocenters. The third kappa shape index (κ3) is 5.92. The van der Waals surface area contributed by atoms with Crippen LogP contribution in [-0.4, -0.2) is 47.4 Å². The number of quaternary nitrogens is 1. The predicted octanol–water partition coefficient (Wildman–Crippen LogP) is 2.00. The van der Waals surface area contributed by atoms with Crippen LogP contribution < -0.4 is 21.1 Å². The number of alkyl halides is 2. The highest BCUT2D eigenvalue weighted by Gasteiger charge is 2.46. The zero-order valence-corrected chi connectivity index (χ0v) is 19.5. The third-order valence-corrected chi connectivity index (χ3v) is 6.13. The molecule has 3 heterocycles. The Kier molecular flexibility index (Phi) is 7.70. The molecule has 1 saturated heterocycles. The number of hydrogen-bond donors (Lipinski definition) is 3. The van der Waals surface area contributed by atoms with Crippen molar-refractivity contribution in [3.05, 3.63) is 82.1 Å². The van der Waals surface area contributed by atoms with Gasteiger partial charge in [0.2, 0.25) is 11.8 Å². The molecule has 12 heteroatoms. The second-order valence-corrected chi connectivity index (χ2v) is 8.82. The van der Waals surface area contributed by atoms with Gasteiger partial charge < -0.3 is 15.5 Å². The zero-order chi connectivity index (χ0) is 25.8. The van der Waals surface area contributed by atoms with Crippen molar-refractivity contribution in [3.63, 3.8) is 0 Å². The Balaban J connectivity index is 1.52. The van der Waals surface area contributed by atoms with Crippen LogP contribution in [0.5, 0.6) is 0 Å². The highest BCUT2D eigenvalue weighted by Crippen LogP contribution is 2.22. The minimum atomic E-state index is -2.62. The van der Waals surface area contributed by atoms with Gasteiger partial charge in [-0.15, -0.1) is 0 Å². The fraction of sp³-hybridized carbons (Fsp3) is 0.250. The number of nitrogens with zero attached hydrogens (tertiary/aromatic N) is 2. The van der Waals surface area contributed by atoms with Crippen molar-refractivity contribution in [1.29, 1.82) is 0 Å². The van der Waals surface area contributed by atoms with Crippen LogP contribution >= 0.6 is 11.6 Å². The van der Waals surface area contributed by atoms with E-state index in [0.29, 0.717) is 9.92 Å². The summed E-state index contributed by atoms with van der Waals surface area (Å²) in [5.74, 6) is -3.76. The highest BCUT2D eigenvalue weighted by atomic mass is 35.5. The van der Waals surface area contributed by atoms with Crippen molar-refractivity contribution in [2.45, 2.75) is 6.43 Å². The van der Waals surface area contributed by atoms with Crippen molar-refractivity contribution in [2.75, 3.05) is 30.3 Å². The molecule has 1 aromatic carbocycles. The number of hydrogen-bond acceptors (Lipinski definition) is 4. The predicted molar refractivity (Wildman–Crippen MR) is 127 cm³/mol. The first-order chi connectivity index (χ1) is 17.2. The molecule has 0 aliphatic carbocycles. The second kappa shape index (κ2) is 10.9. The van der Waals surface area contributed by atoms with E-state index in [-0.39, 0.29) is 35.8 Å². The fourth-order valence-electron chi connectivity index (χ4n) is 4.22. The number of anilines is 2. The molecule has 3 aromatic rings. The highest BCUT2D eigenvalue weighted by molar-refractivity contribution is 6.30. The van der Waals surface area contributed by atoms with Gasteiger partial charge in [-0.05, 0) is 30.3 Å². The van der Waals surface area contributed by atoms with Crippen LogP contribution in [0.4, 0.5) is 24.7 Å². The SMILES string of the molecule is O=C(Nc1ccc(Cl)cn1)[C@H]1C[NH+](CC(F)F)C[C@@H]1C(=O)Nc1ccc(-n2ccccc2=O)cc1F. The summed E-state index contributed by atoms with van der Waals surface area (Å²) in [6, 6.07) is 11.3. The number of amides is 2. The number of carbonyl (C=O) groups is 2. The summed E-state index contributed by atoms with van der Waals surface area (Å²) < 4.78 is 42.1. The fourth-order valence-corrected chi connectivity index (χ4v) is 4.33. The summed E-state index contributed by atoms with van der Waals surface area (Å²) in [6.45, 7) is -0.552. The van der Waals surface area contributed by atoms with Gasteiger partial charge in [-0.1, -0.05) is 17.7 Å². The average Bonchev–Trinajstić information content (AvgIpc) is 3.25. The van der Waals surface area contributed by atoms with Crippen molar-refractivity contribution in [1.82, 2.24) is 9.55 Å². The smallest absolute Gasteiger partial charge is 0.286 e. The van der Waals surface area contributed by atoms with Crippen molar-refractivity contribution >= 4 is 34.9 Å². The standard InChI is InChI=1S/C24H21ClF3N5O3/c25-14-4-7-21(29-10-14)31-24(36)17-12-32(13-20(27)28)11-16(17)23(35)30-19-6-5-15(9-18(19)26)33-8-2-1-3-22(33)34/h1-10,16-17,20H,11-13H2,(H,30,35)(H,29,31,36)/p+1/t16-,17-/m0/s1. The lowest BCUT2D eigenvalue weighted by Gasteiger charge is -2.16. The van der Waals surface area contributed by atoms with Gasteiger partial charge in [0, 0.05) is 24.5 Å². The number of rotatable bonds is 7. The minimum Gasteiger partial charge on any atom is -0.329 e. The molecule has 0 radical (unpaired) electrons. The molecule has 1 fully saturated rings. The molecular weight excluding hydrogens is 499 g/mol. The van der Waals surface area contributed by atoms with Crippen molar-refractivity contribution < 1.29 is 27.7 Å². The number of nitrogens with one attached hydrogen (secondary N) is 3. The Morgan fingerprint density at radius 1 is 1.08 bits per heavy atom. The third-order valence-electron chi connectivity index (χ3n) is 5.91. The number of halogens is 4. The van der Waals surface area contributed by atoms with E-state index in [1.54, 1.807) is 12.1 Å². The van der Waals surface area contributed by atoms with Crippen LogP contribution in [-0.2, 0) is 9.59 Å². The molecule has 2 aromatic heterocycles. The number of aromatic nitrogens is 2. The van der Waals surface area contributed by atoms with Gasteiger partial charge >= 0.3 is 0 Å². The monoisotopic (exact) mass is 520 g/mol. The van der Waals surface area contributed by atoms with Gasteiger partial charge in [-0.2, -0.15) is 0 Å². The molecule has 1 unspecified atom stereocenters. The molecule has 0 spiro atoms. The van der Waals surface area contributed by atoms with E-state index in [9.17, 15) is 27.6 Å². The van der Waals surface area contributed by atoms with Crippen LogP contribution in [0.25, 0.3) is 5.69 Å². The van der Waals surface area contributed by atoms with E-state index < -0.39 is 42.4 Å². The van der Waals surface area contributed by atoms with Crippen LogP contribution in [0.15, 0.2) is 65.7 Å². The Bertz CT molecular complexity index is 1320. The lowest BCUT2D eigenvalue weighted by atomic mass is 9.94. The van der Waals surface area contributed by atoms with Gasteiger partial charge in [-0.25, -0.2) is 18.2 Å². The number of carbonyl (C=O) groups excluding carboxylic acids is 2. The maximum Gasteiger partial charge on any atom is 0.286 e. The summed E-state index contributed by atoms with van der Waals surface area (Å²) in [4.78, 5) is 42.4. The van der Waals surface area contributed by atoms with Gasteiger partial charge in [0.25, 0.3) is 12.0 Å². The first kappa shape index (κ1) is 25.4. The Hall–Kier alpha value is -3.70. The first-order valence-corrected chi connectivity index (χ1v) is 11.4. The molecule has 188 valence electrons. The Morgan fingerprint density at radius 3 is 2.42 bits per heavy atom. The van der Waals surface area contributed by atoms with Gasteiger partial charge in [0.15, 0.2) is 0 Å². The molecular formula is C24H22ClF3N5O3+. The average molecular weight is 521 g/mol. The molecule has 1 aliphatic rings. The molecule has 8 nitrogen and oxygen atoms in total. The van der Waals surface area contributed by atoms with Crippen LogP contribution in [0, 0.1) is 17.7 Å². The lowest BCUT2D eigenvalue weighted by Crippen LogP contribution is -3.11. The quantitative estimate of drug-likeness (QED) is 0.444. The Morgan fingerprint density at radius 2 is 1.81 bits per heavy atom. The maximum absolute atomic E-state index is 14.8. The summed E-state index contributed by atoms with van der Waals surface area (Å²) in [7, 11) is 0. The normalized spacial score (nSPS) is 19.3. The topological polar surface area (TPSA) is 97.5 Å². The molecule has 36 heavy (non-hydrogen) atoms. The number of pyridine rings is 2. The summed E-state index contributed by atoms with van der Waals surface area (Å²) in [6.07, 6.45) is 0.197. The van der Waals surface area contributed by atoms with E-state index in [4.69, 9.17) is 11.6 Å². The van der Waals surface area contributed by atoms with Crippen LogP contribution in [0.2, 0.25) is 5.02 Å². The van der Waals surface area contributed by atoms with E-state index >= 15 is 0 Å². The van der Waals surface area contributed by atoms with E-state index in [1.807, 2.05) is 0 Å². The summed E-state index contributed by atoms with van der Waals surface area (Å²) in [5, 5.41) is 5.40. The number of benzene rings is 1. The van der Waals surface area contributed by atoms with Crippen LogP contribution in [0.1, 0.15) is 0 Å². The summed E-state index contributed by atoms with van der Waals surface area (Å²) in [5.41, 5.74) is -0.253. The molecule has 2 amide bonds. The van der Waals surface area contributed by atoms with E-state index in [1.165, 1.54) is 47.3 Å². The van der Waals surface area contributed by atoms with Gasteiger partial charge in [-0.3, -0.25) is 19.0 Å². The molecule has 0 bridgehead atoms. The maximum atomic E-state index is 14.8. The molecule has 4 rings (SSSR count). The largest absolute Gasteiger partial charge is 0.329 e. The summed E-state index contributed by atoms with van der Waals surface area (Å²) >= 11 is 5.80. The lowest BCUT2D eigenvalue weighted by molar-refractivity contribution is -0.893. The van der Waals surface area contributed by atoms with E-state index in [0.717, 1.165) is 6.07 Å². The van der Waals surface area contributed by atoms with Crippen LogP contribution in [0.3, 0.4) is 0 Å². The van der Waals surface area contributed by atoms with Crippen molar-refractivity contribution in [3.8, 4) is 5.69 Å². The Labute approximate surface area is 208 Å². The molecule has 0 saturated carbocycles. The molecule has 3 N–H and O–H groups in total.